The number of thiazole rings is 2. The molecule has 0 spiro atoms. The molecule has 0 atom stereocenters. The zero-order valence-electron chi connectivity index (χ0n) is 15.4. The van der Waals surface area contributed by atoms with E-state index in [1.54, 1.807) is 35.7 Å². The van der Waals surface area contributed by atoms with Crippen LogP contribution in [0.1, 0.15) is 10.7 Å². The first kappa shape index (κ1) is 20.3. The van der Waals surface area contributed by atoms with E-state index in [4.69, 9.17) is 0 Å². The van der Waals surface area contributed by atoms with Gasteiger partial charge in [0.05, 0.1) is 21.3 Å². The molecule has 1 aromatic carbocycles. The summed E-state index contributed by atoms with van der Waals surface area (Å²) in [4.78, 5) is 20.9. The molecule has 2 aromatic heterocycles. The normalized spacial score (nSPS) is 12.0. The maximum absolute atomic E-state index is 12.1. The van der Waals surface area contributed by atoms with Crippen molar-refractivity contribution < 1.29 is 13.2 Å². The summed E-state index contributed by atoms with van der Waals surface area (Å²) in [5, 5.41) is 7.80. The van der Waals surface area contributed by atoms with Crippen molar-refractivity contribution in [2.24, 2.45) is 0 Å². The molecule has 0 fully saturated rings. The molecule has 28 heavy (non-hydrogen) atoms. The summed E-state index contributed by atoms with van der Waals surface area (Å²) < 4.78 is 25.4. The summed E-state index contributed by atoms with van der Waals surface area (Å²) >= 11 is 2.82. The monoisotopic (exact) mass is 434 g/mol. The fraction of sp³-hybridized carbons (Fsp3) is 0.167. The van der Waals surface area contributed by atoms with Crippen LogP contribution < -0.4 is 5.32 Å². The van der Waals surface area contributed by atoms with Gasteiger partial charge in [0.25, 0.3) is 0 Å². The molecule has 146 valence electrons. The molecule has 0 aliphatic rings. The van der Waals surface area contributed by atoms with E-state index in [2.05, 4.69) is 15.3 Å². The number of nitrogens with zero attached hydrogens (tertiary/aromatic N) is 3. The van der Waals surface area contributed by atoms with E-state index >= 15 is 0 Å². The Morgan fingerprint density at radius 3 is 2.43 bits per heavy atom. The number of amides is 1. The lowest BCUT2D eigenvalue weighted by atomic mass is 10.2. The van der Waals surface area contributed by atoms with Gasteiger partial charge in [0.15, 0.2) is 5.13 Å². The van der Waals surface area contributed by atoms with Crippen molar-refractivity contribution in [2.45, 2.75) is 11.8 Å². The molecule has 10 heteroatoms. The number of carbonyl (C=O) groups is 1. The van der Waals surface area contributed by atoms with Crippen LogP contribution in [0.15, 0.2) is 46.0 Å². The summed E-state index contributed by atoms with van der Waals surface area (Å²) in [7, 11) is -0.490. The molecule has 2 heterocycles. The third-order valence-corrected chi connectivity index (χ3v) is 7.08. The Labute approximate surface area is 171 Å². The number of nitrogens with one attached hydrogen (secondary N) is 1. The second-order valence-corrected chi connectivity index (χ2v) is 10.0. The first-order valence-corrected chi connectivity index (χ1v) is 11.4. The van der Waals surface area contributed by atoms with Crippen LogP contribution in [0.4, 0.5) is 5.13 Å². The van der Waals surface area contributed by atoms with E-state index in [9.17, 15) is 13.2 Å². The highest BCUT2D eigenvalue weighted by molar-refractivity contribution is 7.89. The molecule has 0 radical (unpaired) electrons. The predicted molar refractivity (Wildman–Crippen MR) is 113 cm³/mol. The smallest absolute Gasteiger partial charge is 0.250 e. The van der Waals surface area contributed by atoms with Gasteiger partial charge in [0.2, 0.25) is 15.9 Å². The van der Waals surface area contributed by atoms with Crippen LogP contribution in [0.25, 0.3) is 17.3 Å². The van der Waals surface area contributed by atoms with Crippen molar-refractivity contribution in [3.05, 3.63) is 51.8 Å². The lowest BCUT2D eigenvalue weighted by Crippen LogP contribution is -2.22. The minimum atomic E-state index is -3.47. The fourth-order valence-corrected chi connectivity index (χ4v) is 4.44. The van der Waals surface area contributed by atoms with Gasteiger partial charge in [-0.3, -0.25) is 10.1 Å². The second-order valence-electron chi connectivity index (χ2n) is 5.96. The maximum atomic E-state index is 12.1. The van der Waals surface area contributed by atoms with Gasteiger partial charge in [0.1, 0.15) is 0 Å². The summed E-state index contributed by atoms with van der Waals surface area (Å²) in [6.07, 6.45) is 3.06. The molecule has 0 aliphatic heterocycles. The highest BCUT2D eigenvalue weighted by Crippen LogP contribution is 2.26. The van der Waals surface area contributed by atoms with Crippen LogP contribution in [-0.2, 0) is 14.8 Å². The Balaban J connectivity index is 1.68. The van der Waals surface area contributed by atoms with Crippen LogP contribution >= 0.6 is 22.7 Å². The molecular formula is C18H18N4O3S3. The SMILES string of the molecule is Cc1nc(/C=C/C(=O)Nc2nc(-c3ccc(S(=O)(=O)N(C)C)cc3)cs2)cs1. The number of carbonyl (C=O) groups excluding carboxylic acids is 1. The molecule has 0 unspecified atom stereocenters. The highest BCUT2D eigenvalue weighted by Gasteiger charge is 2.17. The van der Waals surface area contributed by atoms with Crippen molar-refractivity contribution in [3.63, 3.8) is 0 Å². The number of hydrogen-bond acceptors (Lipinski definition) is 7. The number of anilines is 1. The lowest BCUT2D eigenvalue weighted by molar-refractivity contribution is -0.111. The molecule has 1 N–H and O–H groups in total. The van der Waals surface area contributed by atoms with Crippen LogP contribution in [0.2, 0.25) is 0 Å². The number of rotatable bonds is 6. The Kier molecular flexibility index (Phi) is 6.04. The van der Waals surface area contributed by atoms with Crippen molar-refractivity contribution >= 4 is 49.8 Å². The number of benzene rings is 1. The topological polar surface area (TPSA) is 92.3 Å². The van der Waals surface area contributed by atoms with Gasteiger partial charge in [-0.1, -0.05) is 12.1 Å². The first-order valence-electron chi connectivity index (χ1n) is 8.15. The molecule has 1 amide bonds. The zero-order chi connectivity index (χ0) is 20.3. The van der Waals surface area contributed by atoms with Gasteiger partial charge >= 0.3 is 0 Å². The molecule has 3 aromatic rings. The van der Waals surface area contributed by atoms with Gasteiger partial charge in [-0.05, 0) is 25.1 Å². The number of aromatic nitrogens is 2. The zero-order valence-corrected chi connectivity index (χ0v) is 17.9. The average Bonchev–Trinajstić information content (AvgIpc) is 3.29. The summed E-state index contributed by atoms with van der Waals surface area (Å²) in [5.74, 6) is -0.293. The van der Waals surface area contributed by atoms with E-state index in [1.165, 1.54) is 47.2 Å². The van der Waals surface area contributed by atoms with Crippen molar-refractivity contribution in [2.75, 3.05) is 19.4 Å². The van der Waals surface area contributed by atoms with Gasteiger partial charge in [-0.2, -0.15) is 0 Å². The largest absolute Gasteiger partial charge is 0.298 e. The second kappa shape index (κ2) is 8.31. The standard InChI is InChI=1S/C18H18N4O3S3/c1-12-19-14(10-26-12)6-9-17(23)21-18-20-16(11-27-18)13-4-7-15(8-5-13)28(24,25)22(2)3/h4-11H,1-3H3,(H,20,21,23)/b9-6+. The van der Waals surface area contributed by atoms with E-state index in [0.717, 1.165) is 16.3 Å². The van der Waals surface area contributed by atoms with E-state index in [-0.39, 0.29) is 10.8 Å². The van der Waals surface area contributed by atoms with Crippen LogP contribution in [-0.4, -0.2) is 42.7 Å². The molecule has 0 saturated heterocycles. The molecular weight excluding hydrogens is 416 g/mol. The Bertz CT molecular complexity index is 1110. The lowest BCUT2D eigenvalue weighted by Gasteiger charge is -2.11. The molecule has 0 aliphatic carbocycles. The van der Waals surface area contributed by atoms with E-state index < -0.39 is 10.0 Å². The molecule has 7 nitrogen and oxygen atoms in total. The first-order chi connectivity index (χ1) is 13.3. The number of aryl methyl sites for hydroxylation is 1. The Morgan fingerprint density at radius 1 is 1.11 bits per heavy atom. The number of hydrogen-bond donors (Lipinski definition) is 1. The fourth-order valence-electron chi connectivity index (χ4n) is 2.24. The Morgan fingerprint density at radius 2 is 1.82 bits per heavy atom. The van der Waals surface area contributed by atoms with E-state index in [1.807, 2.05) is 12.3 Å². The van der Waals surface area contributed by atoms with Crippen LogP contribution in [0.3, 0.4) is 0 Å². The summed E-state index contributed by atoms with van der Waals surface area (Å²) in [6, 6.07) is 6.48. The van der Waals surface area contributed by atoms with Gasteiger partial charge in [-0.15, -0.1) is 22.7 Å². The third-order valence-electron chi connectivity index (χ3n) is 3.71. The van der Waals surface area contributed by atoms with Gasteiger partial charge in [-0.25, -0.2) is 22.7 Å². The predicted octanol–water partition coefficient (Wildman–Crippen LogP) is 3.48. The van der Waals surface area contributed by atoms with Gasteiger partial charge in [0, 0.05) is 36.5 Å². The molecule has 3 rings (SSSR count). The average molecular weight is 435 g/mol. The van der Waals surface area contributed by atoms with Crippen molar-refractivity contribution in [1.82, 2.24) is 14.3 Å². The summed E-state index contributed by atoms with van der Waals surface area (Å²) in [5.41, 5.74) is 2.17. The quantitative estimate of drug-likeness (QED) is 0.600. The Hall–Kier alpha value is -2.40. The number of sulfonamides is 1. The molecule has 0 saturated carbocycles. The minimum absolute atomic E-state index is 0.215. The highest BCUT2D eigenvalue weighted by atomic mass is 32.2. The molecule has 0 bridgehead atoms. The minimum Gasteiger partial charge on any atom is -0.298 e. The van der Waals surface area contributed by atoms with Crippen molar-refractivity contribution in [3.8, 4) is 11.3 Å². The van der Waals surface area contributed by atoms with Crippen molar-refractivity contribution in [1.29, 1.82) is 0 Å². The van der Waals surface area contributed by atoms with Crippen LogP contribution in [0, 0.1) is 6.92 Å². The third kappa shape index (κ3) is 4.71. The van der Waals surface area contributed by atoms with E-state index in [0.29, 0.717) is 10.8 Å². The van der Waals surface area contributed by atoms with Crippen LogP contribution in [0.5, 0.6) is 0 Å². The summed E-state index contributed by atoms with van der Waals surface area (Å²) in [6.45, 7) is 1.90. The maximum Gasteiger partial charge on any atom is 0.250 e. The van der Waals surface area contributed by atoms with Gasteiger partial charge < -0.3 is 0 Å².